The van der Waals surface area contributed by atoms with Crippen LogP contribution in [0.15, 0.2) is 72.8 Å². The first-order chi connectivity index (χ1) is 22.6. The van der Waals surface area contributed by atoms with Crippen molar-refractivity contribution in [2.45, 2.75) is 136 Å². The van der Waals surface area contributed by atoms with Gasteiger partial charge < -0.3 is 14.2 Å². The van der Waals surface area contributed by atoms with E-state index in [1.807, 2.05) is 60.7 Å². The molecular formula is C42H60O4. The predicted molar refractivity (Wildman–Crippen MR) is 193 cm³/mol. The summed E-state index contributed by atoms with van der Waals surface area (Å²) >= 11 is 0. The van der Waals surface area contributed by atoms with Crippen LogP contribution in [-0.2, 0) is 4.74 Å². The standard InChI is InChI=1S/C42H60O4/c1-4-6-8-10-11-12-13-14-15-16-17-18-20-34-45-40-29-27-38(28-30-40)37-21-23-39(24-22-37)42(43)46-41-31-25-36(26-32-41)35(3)44-33-19-9-7-5-2/h21-32,35H,4-20,33-34H2,1-3H3. The average molecular weight is 629 g/mol. The lowest BCUT2D eigenvalue weighted by Crippen LogP contribution is -2.08. The molecule has 0 bridgehead atoms. The lowest BCUT2D eigenvalue weighted by atomic mass is 10.0. The molecule has 1 unspecified atom stereocenters. The molecule has 0 radical (unpaired) electrons. The number of esters is 1. The van der Waals surface area contributed by atoms with E-state index in [1.165, 1.54) is 96.3 Å². The molecule has 0 heterocycles. The Morgan fingerprint density at radius 3 is 1.50 bits per heavy atom. The molecule has 0 aliphatic heterocycles. The van der Waals surface area contributed by atoms with E-state index in [1.54, 1.807) is 0 Å². The third kappa shape index (κ3) is 15.0. The molecular weight excluding hydrogens is 568 g/mol. The summed E-state index contributed by atoms with van der Waals surface area (Å²) in [4.78, 5) is 12.8. The summed E-state index contributed by atoms with van der Waals surface area (Å²) in [6, 6.07) is 23.4. The van der Waals surface area contributed by atoms with Crippen LogP contribution in [0.4, 0.5) is 0 Å². The second kappa shape index (κ2) is 23.2. The summed E-state index contributed by atoms with van der Waals surface area (Å²) < 4.78 is 17.6. The second-order valence-corrected chi connectivity index (χ2v) is 12.7. The van der Waals surface area contributed by atoms with Gasteiger partial charge in [-0.05, 0) is 72.9 Å². The molecule has 3 aromatic carbocycles. The van der Waals surface area contributed by atoms with E-state index in [4.69, 9.17) is 14.2 Å². The molecule has 0 aromatic heterocycles. The van der Waals surface area contributed by atoms with Crippen LogP contribution >= 0.6 is 0 Å². The SMILES string of the molecule is CCCCCCCCCCCCCCCOc1ccc(-c2ccc(C(=O)Oc3ccc(C(C)OCCCCCC)cc3)cc2)cc1. The molecule has 4 nitrogen and oxygen atoms in total. The van der Waals surface area contributed by atoms with Gasteiger partial charge in [0.15, 0.2) is 0 Å². The maximum Gasteiger partial charge on any atom is 0.343 e. The lowest BCUT2D eigenvalue weighted by molar-refractivity contribution is 0.0627. The topological polar surface area (TPSA) is 44.8 Å². The van der Waals surface area contributed by atoms with E-state index >= 15 is 0 Å². The molecule has 0 spiro atoms. The Morgan fingerprint density at radius 2 is 0.957 bits per heavy atom. The first-order valence-electron chi connectivity index (χ1n) is 18.4. The van der Waals surface area contributed by atoms with Gasteiger partial charge in [-0.1, -0.05) is 147 Å². The van der Waals surface area contributed by atoms with Gasteiger partial charge in [-0.15, -0.1) is 0 Å². The molecule has 0 saturated carbocycles. The Morgan fingerprint density at radius 1 is 0.522 bits per heavy atom. The predicted octanol–water partition coefficient (Wildman–Crippen LogP) is 12.7. The summed E-state index contributed by atoms with van der Waals surface area (Å²) in [5, 5.41) is 0. The first kappa shape index (κ1) is 37.3. The van der Waals surface area contributed by atoms with E-state index in [2.05, 4.69) is 32.9 Å². The highest BCUT2D eigenvalue weighted by molar-refractivity contribution is 5.91. The van der Waals surface area contributed by atoms with Crippen molar-refractivity contribution in [1.82, 2.24) is 0 Å². The van der Waals surface area contributed by atoms with Gasteiger partial charge in [0.05, 0.1) is 18.3 Å². The molecule has 3 rings (SSSR count). The maximum atomic E-state index is 12.8. The van der Waals surface area contributed by atoms with Crippen LogP contribution in [0.1, 0.15) is 152 Å². The van der Waals surface area contributed by atoms with E-state index in [0.717, 1.165) is 48.5 Å². The molecule has 1 atom stereocenters. The highest BCUT2D eigenvalue weighted by Gasteiger charge is 2.11. The van der Waals surface area contributed by atoms with E-state index < -0.39 is 0 Å². The van der Waals surface area contributed by atoms with Crippen LogP contribution in [0.25, 0.3) is 11.1 Å². The van der Waals surface area contributed by atoms with Gasteiger partial charge in [0.2, 0.25) is 0 Å². The first-order valence-corrected chi connectivity index (χ1v) is 18.4. The van der Waals surface area contributed by atoms with Crippen LogP contribution in [0, 0.1) is 0 Å². The zero-order valence-electron chi connectivity index (χ0n) is 29.1. The van der Waals surface area contributed by atoms with Crippen LogP contribution in [0.2, 0.25) is 0 Å². The van der Waals surface area contributed by atoms with E-state index in [-0.39, 0.29) is 12.1 Å². The fourth-order valence-corrected chi connectivity index (χ4v) is 5.71. The summed E-state index contributed by atoms with van der Waals surface area (Å²) in [5.41, 5.74) is 3.74. The largest absolute Gasteiger partial charge is 0.494 e. The Balaban J connectivity index is 1.30. The number of hydrogen-bond donors (Lipinski definition) is 0. The van der Waals surface area contributed by atoms with Gasteiger partial charge in [-0.2, -0.15) is 0 Å². The van der Waals surface area contributed by atoms with Crippen molar-refractivity contribution in [3.63, 3.8) is 0 Å². The van der Waals surface area contributed by atoms with Crippen molar-refractivity contribution in [3.8, 4) is 22.6 Å². The normalized spacial score (nSPS) is 11.8. The number of benzene rings is 3. The van der Waals surface area contributed by atoms with Crippen LogP contribution in [0.3, 0.4) is 0 Å². The lowest BCUT2D eigenvalue weighted by Gasteiger charge is -2.14. The van der Waals surface area contributed by atoms with Crippen LogP contribution in [-0.4, -0.2) is 19.2 Å². The van der Waals surface area contributed by atoms with Crippen molar-refractivity contribution >= 4 is 5.97 Å². The highest BCUT2D eigenvalue weighted by Crippen LogP contribution is 2.25. The molecule has 0 saturated heterocycles. The van der Waals surface area contributed by atoms with Crippen molar-refractivity contribution in [2.75, 3.05) is 13.2 Å². The minimum absolute atomic E-state index is 0.0172. The number of ether oxygens (including phenoxy) is 3. The molecule has 252 valence electrons. The summed E-state index contributed by atoms with van der Waals surface area (Å²) in [6.45, 7) is 8.09. The zero-order valence-corrected chi connectivity index (χ0v) is 29.1. The maximum absolute atomic E-state index is 12.8. The molecule has 0 fully saturated rings. The summed E-state index contributed by atoms with van der Waals surface area (Å²) in [7, 11) is 0. The highest BCUT2D eigenvalue weighted by atomic mass is 16.5. The number of hydrogen-bond acceptors (Lipinski definition) is 4. The monoisotopic (exact) mass is 628 g/mol. The Bertz CT molecular complexity index is 1180. The molecule has 0 amide bonds. The van der Waals surface area contributed by atoms with Crippen LogP contribution < -0.4 is 9.47 Å². The molecule has 0 aliphatic rings. The summed E-state index contributed by atoms with van der Waals surface area (Å²) in [6.07, 6.45) is 22.4. The van der Waals surface area contributed by atoms with Gasteiger partial charge in [-0.25, -0.2) is 4.79 Å². The molecule has 0 aliphatic carbocycles. The molecule has 3 aromatic rings. The summed E-state index contributed by atoms with van der Waals surface area (Å²) in [5.74, 6) is 1.07. The Labute approximate surface area is 280 Å². The number of carbonyl (C=O) groups excluding carboxylic acids is 1. The Hall–Kier alpha value is -3.11. The van der Waals surface area contributed by atoms with Crippen molar-refractivity contribution < 1.29 is 19.0 Å². The third-order valence-corrected chi connectivity index (χ3v) is 8.75. The zero-order chi connectivity index (χ0) is 32.7. The number of rotatable bonds is 25. The fourth-order valence-electron chi connectivity index (χ4n) is 5.71. The van der Waals surface area contributed by atoms with Gasteiger partial charge in [0.25, 0.3) is 0 Å². The molecule has 46 heavy (non-hydrogen) atoms. The fraction of sp³-hybridized carbons (Fsp3) is 0.548. The minimum atomic E-state index is -0.364. The number of carbonyl (C=O) groups is 1. The number of unbranched alkanes of at least 4 members (excludes halogenated alkanes) is 15. The third-order valence-electron chi connectivity index (χ3n) is 8.75. The smallest absolute Gasteiger partial charge is 0.343 e. The average Bonchev–Trinajstić information content (AvgIpc) is 3.09. The van der Waals surface area contributed by atoms with Crippen molar-refractivity contribution in [1.29, 1.82) is 0 Å². The van der Waals surface area contributed by atoms with Crippen LogP contribution in [0.5, 0.6) is 11.5 Å². The Kier molecular flexibility index (Phi) is 18.9. The second-order valence-electron chi connectivity index (χ2n) is 12.7. The quantitative estimate of drug-likeness (QED) is 0.0532. The molecule has 4 heteroatoms. The molecule has 0 N–H and O–H groups in total. The van der Waals surface area contributed by atoms with Gasteiger partial charge in [-0.3, -0.25) is 0 Å². The van der Waals surface area contributed by atoms with E-state index in [9.17, 15) is 4.79 Å². The van der Waals surface area contributed by atoms with E-state index in [0.29, 0.717) is 11.3 Å². The van der Waals surface area contributed by atoms with Gasteiger partial charge in [0, 0.05) is 6.61 Å². The van der Waals surface area contributed by atoms with Gasteiger partial charge >= 0.3 is 5.97 Å². The van der Waals surface area contributed by atoms with Crippen molar-refractivity contribution in [3.05, 3.63) is 83.9 Å². The minimum Gasteiger partial charge on any atom is -0.494 e. The van der Waals surface area contributed by atoms with Crippen molar-refractivity contribution in [2.24, 2.45) is 0 Å². The van der Waals surface area contributed by atoms with Gasteiger partial charge in [0.1, 0.15) is 11.5 Å².